The number of H-pyrrole nitrogens is 1. The van der Waals surface area contributed by atoms with Gasteiger partial charge >= 0.3 is 0 Å². The van der Waals surface area contributed by atoms with Crippen molar-refractivity contribution in [2.24, 2.45) is 0 Å². The maximum absolute atomic E-state index is 12.5. The fourth-order valence-corrected chi connectivity index (χ4v) is 4.98. The molecule has 0 unspecified atom stereocenters. The zero-order valence-corrected chi connectivity index (χ0v) is 17.8. The molecule has 1 aliphatic rings. The van der Waals surface area contributed by atoms with Crippen LogP contribution in [0.3, 0.4) is 0 Å². The van der Waals surface area contributed by atoms with Crippen LogP contribution in [0.2, 0.25) is 0 Å². The molecule has 150 valence electrons. The number of halogens is 1. The number of aromatic nitrogens is 1. The van der Waals surface area contributed by atoms with Gasteiger partial charge in [-0.3, -0.25) is 10.1 Å². The first-order valence-corrected chi connectivity index (χ1v) is 10.6. The number of benzene rings is 3. The largest absolute Gasteiger partial charge is 0.478 e. The molecular weight excluding hydrogens is 444 g/mol. The van der Waals surface area contributed by atoms with Crippen molar-refractivity contribution < 1.29 is 9.66 Å². The summed E-state index contributed by atoms with van der Waals surface area (Å²) in [6, 6.07) is 22.2. The van der Waals surface area contributed by atoms with E-state index in [1.807, 2.05) is 79.7 Å². The van der Waals surface area contributed by atoms with Crippen LogP contribution in [0.1, 0.15) is 34.4 Å². The quantitative estimate of drug-likeness (QED) is 0.293. The fraction of sp³-hybridized carbons (Fsp3) is 0.167. The van der Waals surface area contributed by atoms with Crippen molar-refractivity contribution >= 4 is 26.8 Å². The number of rotatable bonds is 3. The average Bonchev–Trinajstić information content (AvgIpc) is 3.08. The molecule has 0 amide bonds. The number of ether oxygens (including phenoxy) is 1. The SMILES string of the molecule is Cc1[nH]c2ccccc2c1[C@@H]1c2cc(Br)ccc2O[C@@H](c2ccccc2)[C@H]1[N+](=O)[O-]. The lowest BCUT2D eigenvalue weighted by Gasteiger charge is -2.35. The molecule has 2 heterocycles. The van der Waals surface area contributed by atoms with Crippen LogP contribution in [-0.2, 0) is 0 Å². The molecule has 0 radical (unpaired) electrons. The van der Waals surface area contributed by atoms with Crippen LogP contribution in [-0.4, -0.2) is 15.9 Å². The van der Waals surface area contributed by atoms with Crippen LogP contribution in [0.4, 0.5) is 0 Å². The van der Waals surface area contributed by atoms with Gasteiger partial charge in [0.25, 0.3) is 6.04 Å². The predicted molar refractivity (Wildman–Crippen MR) is 120 cm³/mol. The molecule has 0 saturated heterocycles. The molecule has 1 aromatic heterocycles. The summed E-state index contributed by atoms with van der Waals surface area (Å²) in [5.74, 6) is 0.224. The van der Waals surface area contributed by atoms with Gasteiger partial charge in [-0.1, -0.05) is 64.5 Å². The van der Waals surface area contributed by atoms with E-state index in [0.717, 1.165) is 37.8 Å². The van der Waals surface area contributed by atoms with Gasteiger partial charge in [0.2, 0.25) is 0 Å². The molecule has 3 aromatic carbocycles. The van der Waals surface area contributed by atoms with Crippen LogP contribution < -0.4 is 4.74 Å². The van der Waals surface area contributed by atoms with E-state index in [-0.39, 0.29) is 4.92 Å². The Morgan fingerprint density at radius 2 is 1.77 bits per heavy atom. The smallest absolute Gasteiger partial charge is 0.264 e. The molecule has 1 N–H and O–H groups in total. The summed E-state index contributed by atoms with van der Waals surface area (Å²) >= 11 is 3.53. The van der Waals surface area contributed by atoms with E-state index >= 15 is 0 Å². The van der Waals surface area contributed by atoms with Crippen molar-refractivity contribution in [1.29, 1.82) is 0 Å². The minimum atomic E-state index is -0.966. The monoisotopic (exact) mass is 462 g/mol. The van der Waals surface area contributed by atoms with Gasteiger partial charge in [0, 0.05) is 31.6 Å². The van der Waals surface area contributed by atoms with E-state index in [2.05, 4.69) is 20.9 Å². The number of para-hydroxylation sites is 1. The number of fused-ring (bicyclic) bond motifs is 2. The van der Waals surface area contributed by atoms with E-state index in [4.69, 9.17) is 4.74 Å². The highest BCUT2D eigenvalue weighted by Crippen LogP contribution is 2.49. The lowest BCUT2D eigenvalue weighted by molar-refractivity contribution is -0.538. The molecule has 0 saturated carbocycles. The standard InChI is InChI=1S/C24H19BrN2O3/c1-14-21(17-9-5-6-10-19(17)26-14)22-18-13-16(25)11-12-20(18)30-24(23(22)27(28)29)15-7-3-2-4-8-15/h2-13,22-24,26H,1H3/t22-,23-,24-/m0/s1. The molecular formula is C24H19BrN2O3. The van der Waals surface area contributed by atoms with Crippen molar-refractivity contribution in [3.05, 3.63) is 110 Å². The molecule has 0 fully saturated rings. The Hall–Kier alpha value is -3.12. The number of nitrogens with zero attached hydrogens (tertiary/aromatic N) is 1. The summed E-state index contributed by atoms with van der Waals surface area (Å²) in [6.07, 6.45) is -0.687. The first-order valence-electron chi connectivity index (χ1n) is 9.76. The Balaban J connectivity index is 1.80. The Bertz CT molecular complexity index is 1250. The number of nitrogens with one attached hydrogen (secondary N) is 1. The molecule has 0 spiro atoms. The molecule has 5 rings (SSSR count). The van der Waals surface area contributed by atoms with Gasteiger partial charge in [0.05, 0.1) is 5.92 Å². The third-order valence-corrected chi connectivity index (χ3v) is 6.33. The van der Waals surface area contributed by atoms with Gasteiger partial charge in [-0.15, -0.1) is 0 Å². The number of hydrogen-bond acceptors (Lipinski definition) is 3. The summed E-state index contributed by atoms with van der Waals surface area (Å²) in [5.41, 5.74) is 4.50. The summed E-state index contributed by atoms with van der Waals surface area (Å²) in [6.45, 7) is 1.98. The zero-order chi connectivity index (χ0) is 20.8. The Morgan fingerprint density at radius 1 is 1.03 bits per heavy atom. The van der Waals surface area contributed by atoms with Crippen molar-refractivity contribution in [2.75, 3.05) is 0 Å². The second kappa shape index (κ2) is 7.29. The molecule has 0 bridgehead atoms. The van der Waals surface area contributed by atoms with Gasteiger partial charge in [-0.2, -0.15) is 0 Å². The number of aromatic amines is 1. The fourth-order valence-electron chi connectivity index (χ4n) is 4.60. The van der Waals surface area contributed by atoms with Gasteiger partial charge in [0.15, 0.2) is 6.10 Å². The summed E-state index contributed by atoms with van der Waals surface area (Å²) in [4.78, 5) is 15.7. The van der Waals surface area contributed by atoms with Crippen molar-refractivity contribution in [2.45, 2.75) is 25.0 Å². The van der Waals surface area contributed by atoms with Crippen LogP contribution in [0.5, 0.6) is 5.75 Å². The lowest BCUT2D eigenvalue weighted by atomic mass is 9.78. The van der Waals surface area contributed by atoms with Crippen molar-refractivity contribution in [3.8, 4) is 5.75 Å². The summed E-state index contributed by atoms with van der Waals surface area (Å²) in [7, 11) is 0. The molecule has 3 atom stereocenters. The molecule has 1 aliphatic heterocycles. The average molecular weight is 463 g/mol. The van der Waals surface area contributed by atoms with Gasteiger partial charge in [0.1, 0.15) is 5.75 Å². The van der Waals surface area contributed by atoms with Crippen molar-refractivity contribution in [1.82, 2.24) is 4.98 Å². The first-order chi connectivity index (χ1) is 14.5. The number of hydrogen-bond donors (Lipinski definition) is 1. The molecule has 6 heteroatoms. The van der Waals surface area contributed by atoms with E-state index < -0.39 is 18.1 Å². The minimum Gasteiger partial charge on any atom is -0.478 e. The highest BCUT2D eigenvalue weighted by Gasteiger charge is 2.49. The Labute approximate surface area is 182 Å². The van der Waals surface area contributed by atoms with E-state index in [9.17, 15) is 10.1 Å². The van der Waals surface area contributed by atoms with E-state index in [1.54, 1.807) is 0 Å². The highest BCUT2D eigenvalue weighted by atomic mass is 79.9. The normalized spacial score (nSPS) is 20.5. The highest BCUT2D eigenvalue weighted by molar-refractivity contribution is 9.10. The first kappa shape index (κ1) is 18.9. The topological polar surface area (TPSA) is 68.2 Å². The molecule has 0 aliphatic carbocycles. The lowest BCUT2D eigenvalue weighted by Crippen LogP contribution is -2.41. The van der Waals surface area contributed by atoms with Crippen LogP contribution in [0.15, 0.2) is 77.3 Å². The minimum absolute atomic E-state index is 0.187. The van der Waals surface area contributed by atoms with Crippen LogP contribution >= 0.6 is 15.9 Å². The number of nitro groups is 1. The summed E-state index contributed by atoms with van der Waals surface area (Å²) < 4.78 is 7.12. The van der Waals surface area contributed by atoms with Crippen molar-refractivity contribution in [3.63, 3.8) is 0 Å². The second-order valence-electron chi connectivity index (χ2n) is 7.59. The zero-order valence-electron chi connectivity index (χ0n) is 16.2. The summed E-state index contributed by atoms with van der Waals surface area (Å²) in [5, 5.41) is 13.5. The van der Waals surface area contributed by atoms with Gasteiger partial charge < -0.3 is 9.72 Å². The Morgan fingerprint density at radius 3 is 2.53 bits per heavy atom. The molecule has 5 nitrogen and oxygen atoms in total. The van der Waals surface area contributed by atoms with Crippen LogP contribution in [0.25, 0.3) is 10.9 Å². The van der Waals surface area contributed by atoms with Gasteiger partial charge in [-0.05, 0) is 42.3 Å². The van der Waals surface area contributed by atoms with E-state index in [0.29, 0.717) is 5.75 Å². The number of aryl methyl sites for hydroxylation is 1. The van der Waals surface area contributed by atoms with Crippen LogP contribution in [0, 0.1) is 17.0 Å². The second-order valence-corrected chi connectivity index (χ2v) is 8.51. The predicted octanol–water partition coefficient (Wildman–Crippen LogP) is 6.15. The maximum atomic E-state index is 12.5. The molecule has 30 heavy (non-hydrogen) atoms. The van der Waals surface area contributed by atoms with E-state index in [1.165, 1.54) is 0 Å². The third kappa shape index (κ3) is 2.99. The maximum Gasteiger partial charge on any atom is 0.264 e. The third-order valence-electron chi connectivity index (χ3n) is 5.84. The molecule has 4 aromatic rings. The Kier molecular flexibility index (Phi) is 4.59. The van der Waals surface area contributed by atoms with Gasteiger partial charge in [-0.25, -0.2) is 0 Å².